The van der Waals surface area contributed by atoms with E-state index in [4.69, 9.17) is 20.5 Å². The number of nitrogen functional groups attached to an aromatic ring is 1. The third-order valence-electron chi connectivity index (χ3n) is 3.94. The van der Waals surface area contributed by atoms with Crippen LogP contribution >= 0.6 is 0 Å². The Hall–Kier alpha value is -3.38. The number of benzene rings is 1. The van der Waals surface area contributed by atoms with Gasteiger partial charge in [-0.15, -0.1) is 0 Å². The van der Waals surface area contributed by atoms with Crippen molar-refractivity contribution in [2.45, 2.75) is 6.54 Å². The van der Waals surface area contributed by atoms with Gasteiger partial charge in [0.1, 0.15) is 6.61 Å². The summed E-state index contributed by atoms with van der Waals surface area (Å²) in [6.45, 7) is 1.63. The first kappa shape index (κ1) is 18.4. The number of nitrogens with zero attached hydrogens (tertiary/aromatic N) is 6. The van der Waals surface area contributed by atoms with E-state index in [1.807, 2.05) is 31.1 Å². The van der Waals surface area contributed by atoms with Gasteiger partial charge >= 0.3 is 6.01 Å². The van der Waals surface area contributed by atoms with Gasteiger partial charge in [0.15, 0.2) is 17.0 Å². The SMILES string of the molecule is COc1nc2c(N)nc(OCCN(C)C)nc2n1Cc1ccc(C#N)cc1. The van der Waals surface area contributed by atoms with Crippen molar-refractivity contribution in [2.75, 3.05) is 40.1 Å². The molecule has 0 amide bonds. The fraction of sp³-hybridized carbons (Fsp3) is 0.333. The Labute approximate surface area is 157 Å². The summed E-state index contributed by atoms with van der Waals surface area (Å²) < 4.78 is 12.8. The summed E-state index contributed by atoms with van der Waals surface area (Å²) in [4.78, 5) is 15.0. The lowest BCUT2D eigenvalue weighted by atomic mass is 10.1. The average molecular weight is 367 g/mol. The number of nitriles is 1. The number of fused-ring (bicyclic) bond motifs is 1. The number of hydrogen-bond donors (Lipinski definition) is 1. The van der Waals surface area contributed by atoms with Crippen LogP contribution in [0.15, 0.2) is 24.3 Å². The van der Waals surface area contributed by atoms with E-state index in [1.165, 1.54) is 7.11 Å². The zero-order chi connectivity index (χ0) is 19.4. The normalized spacial score (nSPS) is 10.9. The maximum Gasteiger partial charge on any atom is 0.320 e. The molecule has 3 aromatic rings. The fourth-order valence-electron chi connectivity index (χ4n) is 2.53. The van der Waals surface area contributed by atoms with Gasteiger partial charge < -0.3 is 20.1 Å². The summed E-state index contributed by atoms with van der Waals surface area (Å²) in [5, 5.41) is 8.94. The summed E-state index contributed by atoms with van der Waals surface area (Å²) in [5.41, 5.74) is 8.61. The Morgan fingerprint density at radius 3 is 2.56 bits per heavy atom. The number of hydrogen-bond acceptors (Lipinski definition) is 8. The monoisotopic (exact) mass is 367 g/mol. The van der Waals surface area contributed by atoms with Gasteiger partial charge in [-0.1, -0.05) is 12.1 Å². The number of imidazole rings is 1. The van der Waals surface area contributed by atoms with Crippen LogP contribution in [0, 0.1) is 11.3 Å². The lowest BCUT2D eigenvalue weighted by Crippen LogP contribution is -2.20. The molecule has 9 nitrogen and oxygen atoms in total. The van der Waals surface area contributed by atoms with Crippen molar-refractivity contribution in [1.29, 1.82) is 5.26 Å². The highest BCUT2D eigenvalue weighted by molar-refractivity contribution is 5.83. The van der Waals surface area contributed by atoms with E-state index in [1.54, 1.807) is 16.7 Å². The molecule has 0 spiro atoms. The zero-order valence-corrected chi connectivity index (χ0v) is 15.5. The number of nitrogens with two attached hydrogens (primary N) is 1. The molecule has 0 radical (unpaired) electrons. The lowest BCUT2D eigenvalue weighted by molar-refractivity contribution is 0.246. The molecule has 140 valence electrons. The van der Waals surface area contributed by atoms with Crippen LogP contribution in [0.4, 0.5) is 5.82 Å². The quantitative estimate of drug-likeness (QED) is 0.664. The van der Waals surface area contributed by atoms with Crippen molar-refractivity contribution in [2.24, 2.45) is 0 Å². The standard InChI is InChI=1S/C18H21N7O2/c1-24(2)8-9-27-17-22-15(20)14-16(23-17)25(18(21-14)26-3)11-13-6-4-12(10-19)5-7-13/h4-7H,8-9,11H2,1-3H3,(H2,20,22,23). The fourth-order valence-corrected chi connectivity index (χ4v) is 2.53. The Kier molecular flexibility index (Phi) is 5.38. The molecule has 1 aromatic carbocycles. The largest absolute Gasteiger partial charge is 0.468 e. The molecule has 3 rings (SSSR count). The molecule has 2 N–H and O–H groups in total. The highest BCUT2D eigenvalue weighted by atomic mass is 16.5. The molecule has 0 saturated carbocycles. The third-order valence-corrected chi connectivity index (χ3v) is 3.94. The first-order chi connectivity index (χ1) is 13.0. The molecule has 0 atom stereocenters. The number of rotatable bonds is 7. The molecule has 2 aromatic heterocycles. The predicted molar refractivity (Wildman–Crippen MR) is 101 cm³/mol. The highest BCUT2D eigenvalue weighted by Crippen LogP contribution is 2.26. The summed E-state index contributed by atoms with van der Waals surface area (Å²) in [6, 6.07) is 9.97. The predicted octanol–water partition coefficient (Wildman–Crippen LogP) is 1.28. The van der Waals surface area contributed by atoms with Crippen LogP contribution in [0.5, 0.6) is 12.0 Å². The van der Waals surface area contributed by atoms with Gasteiger partial charge in [0, 0.05) is 6.54 Å². The second-order valence-electron chi connectivity index (χ2n) is 6.21. The van der Waals surface area contributed by atoms with Gasteiger partial charge in [0.2, 0.25) is 0 Å². The van der Waals surface area contributed by atoms with Crippen LogP contribution in [-0.4, -0.2) is 58.8 Å². The summed E-state index contributed by atoms with van der Waals surface area (Å²) >= 11 is 0. The molecule has 2 heterocycles. The van der Waals surface area contributed by atoms with Gasteiger partial charge in [0.25, 0.3) is 6.01 Å². The van der Waals surface area contributed by atoms with E-state index in [0.29, 0.717) is 35.9 Å². The van der Waals surface area contributed by atoms with Crippen LogP contribution in [0.25, 0.3) is 11.2 Å². The van der Waals surface area contributed by atoms with Gasteiger partial charge in [-0.05, 0) is 31.8 Å². The van der Waals surface area contributed by atoms with Gasteiger partial charge in [-0.25, -0.2) is 0 Å². The van der Waals surface area contributed by atoms with Crippen molar-refractivity contribution in [3.63, 3.8) is 0 Å². The molecule has 0 bridgehead atoms. The average Bonchev–Trinajstić information content (AvgIpc) is 3.00. The molecular formula is C18H21N7O2. The molecule has 0 aliphatic carbocycles. The second-order valence-corrected chi connectivity index (χ2v) is 6.21. The molecule has 0 fully saturated rings. The lowest BCUT2D eigenvalue weighted by Gasteiger charge is -2.11. The molecule has 0 saturated heterocycles. The Bertz CT molecular complexity index is 974. The molecule has 0 aliphatic rings. The maximum absolute atomic E-state index is 8.94. The van der Waals surface area contributed by atoms with Crippen LogP contribution in [-0.2, 0) is 6.54 Å². The van der Waals surface area contributed by atoms with Crippen LogP contribution in [0.1, 0.15) is 11.1 Å². The van der Waals surface area contributed by atoms with Gasteiger partial charge in [0.05, 0.1) is 25.3 Å². The van der Waals surface area contributed by atoms with Gasteiger partial charge in [-0.3, -0.25) is 4.57 Å². The molecule has 9 heteroatoms. The first-order valence-electron chi connectivity index (χ1n) is 8.36. The number of anilines is 1. The molecular weight excluding hydrogens is 346 g/mol. The van der Waals surface area contributed by atoms with Crippen molar-refractivity contribution in [3.8, 4) is 18.1 Å². The Morgan fingerprint density at radius 1 is 1.19 bits per heavy atom. The van der Waals surface area contributed by atoms with E-state index in [2.05, 4.69) is 21.0 Å². The van der Waals surface area contributed by atoms with Crippen LogP contribution < -0.4 is 15.2 Å². The van der Waals surface area contributed by atoms with Crippen LogP contribution in [0.2, 0.25) is 0 Å². The summed E-state index contributed by atoms with van der Waals surface area (Å²) in [7, 11) is 5.45. The minimum Gasteiger partial charge on any atom is -0.468 e. The third kappa shape index (κ3) is 4.07. The maximum atomic E-state index is 8.94. The van der Waals surface area contributed by atoms with E-state index in [9.17, 15) is 0 Å². The van der Waals surface area contributed by atoms with Crippen molar-refractivity contribution >= 4 is 17.0 Å². The molecule has 0 unspecified atom stereocenters. The first-order valence-corrected chi connectivity index (χ1v) is 8.36. The Balaban J connectivity index is 1.96. The topological polar surface area (TPSA) is 115 Å². The number of methoxy groups -OCH3 is 1. The van der Waals surface area contributed by atoms with Crippen molar-refractivity contribution in [3.05, 3.63) is 35.4 Å². The smallest absolute Gasteiger partial charge is 0.320 e. The van der Waals surface area contributed by atoms with E-state index in [0.717, 1.165) is 12.1 Å². The second kappa shape index (κ2) is 7.88. The van der Waals surface area contributed by atoms with E-state index >= 15 is 0 Å². The Morgan fingerprint density at radius 2 is 1.93 bits per heavy atom. The zero-order valence-electron chi connectivity index (χ0n) is 15.5. The van der Waals surface area contributed by atoms with Gasteiger partial charge in [-0.2, -0.15) is 20.2 Å². The molecule has 0 aliphatic heterocycles. The van der Waals surface area contributed by atoms with Crippen molar-refractivity contribution < 1.29 is 9.47 Å². The van der Waals surface area contributed by atoms with E-state index < -0.39 is 0 Å². The summed E-state index contributed by atoms with van der Waals surface area (Å²) in [6.07, 6.45) is 0. The number of likely N-dealkylation sites (N-methyl/N-ethyl adjacent to an activating group) is 1. The molecule has 27 heavy (non-hydrogen) atoms. The highest BCUT2D eigenvalue weighted by Gasteiger charge is 2.18. The number of ether oxygens (including phenoxy) is 2. The van der Waals surface area contributed by atoms with Crippen LogP contribution in [0.3, 0.4) is 0 Å². The minimum absolute atomic E-state index is 0.200. The minimum atomic E-state index is 0.200. The summed E-state index contributed by atoms with van der Waals surface area (Å²) in [5.74, 6) is 0.233. The number of aromatic nitrogens is 4. The van der Waals surface area contributed by atoms with E-state index in [-0.39, 0.29) is 11.8 Å². The van der Waals surface area contributed by atoms with Crippen molar-refractivity contribution in [1.82, 2.24) is 24.4 Å².